The molecule has 19 heavy (non-hydrogen) atoms. The van der Waals surface area contributed by atoms with Crippen LogP contribution in [0.15, 0.2) is 23.1 Å². The first-order valence-corrected chi connectivity index (χ1v) is 8.28. The van der Waals surface area contributed by atoms with Gasteiger partial charge in [-0.15, -0.1) is 0 Å². The number of benzene rings is 1. The summed E-state index contributed by atoms with van der Waals surface area (Å²) in [6.07, 6.45) is 5.17. The monoisotopic (exact) mass is 302 g/mol. The Kier molecular flexibility index (Phi) is 4.38. The van der Waals surface area contributed by atoms with Crippen molar-refractivity contribution in [1.29, 1.82) is 0 Å². The van der Waals surface area contributed by atoms with Crippen LogP contribution >= 0.6 is 11.6 Å². The van der Waals surface area contributed by atoms with E-state index in [1.54, 1.807) is 13.1 Å². The Bertz CT molecular complexity index is 554. The van der Waals surface area contributed by atoms with Crippen molar-refractivity contribution in [3.8, 4) is 0 Å². The van der Waals surface area contributed by atoms with Crippen molar-refractivity contribution < 1.29 is 8.42 Å². The lowest BCUT2D eigenvalue weighted by Gasteiger charge is -2.30. The Balaban J connectivity index is 2.33. The standard InChI is InChI=1S/C13H19ClN2O2S/c1-16(11-5-3-2-4-6-11)19(17,18)13-9-10(15)7-8-12(13)14/h7-9,11H,2-6,15H2,1H3. The number of rotatable bonds is 3. The molecule has 0 aliphatic heterocycles. The average Bonchev–Trinajstić information content (AvgIpc) is 2.41. The Morgan fingerprint density at radius 1 is 1.26 bits per heavy atom. The molecule has 0 spiro atoms. The van der Waals surface area contributed by atoms with E-state index in [2.05, 4.69) is 0 Å². The van der Waals surface area contributed by atoms with Crippen molar-refractivity contribution in [2.75, 3.05) is 12.8 Å². The van der Waals surface area contributed by atoms with E-state index >= 15 is 0 Å². The van der Waals surface area contributed by atoms with E-state index in [0.29, 0.717) is 5.69 Å². The Hall–Kier alpha value is -0.780. The highest BCUT2D eigenvalue weighted by Crippen LogP contribution is 2.30. The van der Waals surface area contributed by atoms with E-state index < -0.39 is 10.0 Å². The fourth-order valence-corrected chi connectivity index (χ4v) is 4.44. The fraction of sp³-hybridized carbons (Fsp3) is 0.538. The number of anilines is 1. The van der Waals surface area contributed by atoms with Gasteiger partial charge in [-0.1, -0.05) is 30.9 Å². The van der Waals surface area contributed by atoms with Crippen LogP contribution in [0.1, 0.15) is 32.1 Å². The van der Waals surface area contributed by atoms with Gasteiger partial charge < -0.3 is 5.73 Å². The van der Waals surface area contributed by atoms with Crippen LogP contribution in [0.5, 0.6) is 0 Å². The predicted molar refractivity (Wildman–Crippen MR) is 77.7 cm³/mol. The molecular weight excluding hydrogens is 284 g/mol. The van der Waals surface area contributed by atoms with Crippen LogP contribution in [0.2, 0.25) is 5.02 Å². The number of hydrogen-bond acceptors (Lipinski definition) is 3. The number of nitrogens with zero attached hydrogens (tertiary/aromatic N) is 1. The number of nitrogen functional groups attached to an aromatic ring is 1. The smallest absolute Gasteiger partial charge is 0.244 e. The highest BCUT2D eigenvalue weighted by molar-refractivity contribution is 7.89. The molecule has 1 saturated carbocycles. The van der Waals surface area contributed by atoms with Gasteiger partial charge in [0.25, 0.3) is 0 Å². The van der Waals surface area contributed by atoms with Gasteiger partial charge in [0.2, 0.25) is 10.0 Å². The molecule has 0 unspecified atom stereocenters. The van der Waals surface area contributed by atoms with Gasteiger partial charge in [0, 0.05) is 18.8 Å². The van der Waals surface area contributed by atoms with Crippen molar-refractivity contribution >= 4 is 27.3 Å². The third kappa shape index (κ3) is 3.04. The molecule has 0 bridgehead atoms. The highest BCUT2D eigenvalue weighted by Gasteiger charge is 2.30. The molecule has 6 heteroatoms. The van der Waals surface area contributed by atoms with Crippen LogP contribution in [-0.4, -0.2) is 25.8 Å². The molecular formula is C13H19ClN2O2S. The summed E-state index contributed by atoms with van der Waals surface area (Å²) in [5.41, 5.74) is 6.06. The van der Waals surface area contributed by atoms with E-state index in [1.807, 2.05) is 0 Å². The second kappa shape index (κ2) is 5.69. The number of halogens is 1. The summed E-state index contributed by atoms with van der Waals surface area (Å²) in [7, 11) is -1.94. The molecule has 2 rings (SSSR count). The van der Waals surface area contributed by atoms with Crippen LogP contribution in [0.3, 0.4) is 0 Å². The molecule has 0 saturated heterocycles. The maximum absolute atomic E-state index is 12.6. The van der Waals surface area contributed by atoms with Crippen LogP contribution in [0, 0.1) is 0 Å². The maximum Gasteiger partial charge on any atom is 0.244 e. The van der Waals surface area contributed by atoms with Gasteiger partial charge in [-0.25, -0.2) is 8.42 Å². The molecule has 106 valence electrons. The molecule has 1 aliphatic rings. The summed E-state index contributed by atoms with van der Waals surface area (Å²) < 4.78 is 26.6. The molecule has 1 fully saturated rings. The molecule has 1 aromatic rings. The minimum absolute atomic E-state index is 0.0660. The molecule has 0 heterocycles. The Labute approximate surface area is 119 Å². The topological polar surface area (TPSA) is 63.4 Å². The van der Waals surface area contributed by atoms with E-state index in [4.69, 9.17) is 17.3 Å². The van der Waals surface area contributed by atoms with E-state index in [9.17, 15) is 8.42 Å². The summed E-state index contributed by atoms with van der Waals surface area (Å²) in [5.74, 6) is 0. The van der Waals surface area contributed by atoms with Crippen LogP contribution in [0.4, 0.5) is 5.69 Å². The number of nitrogens with two attached hydrogens (primary N) is 1. The first-order chi connectivity index (χ1) is 8.93. The molecule has 2 N–H and O–H groups in total. The minimum Gasteiger partial charge on any atom is -0.399 e. The Morgan fingerprint density at radius 2 is 1.89 bits per heavy atom. The summed E-state index contributed by atoms with van der Waals surface area (Å²) in [4.78, 5) is 0.0993. The molecule has 0 atom stereocenters. The zero-order valence-corrected chi connectivity index (χ0v) is 12.5. The van der Waals surface area contributed by atoms with Crippen molar-refractivity contribution in [3.05, 3.63) is 23.2 Å². The van der Waals surface area contributed by atoms with Crippen molar-refractivity contribution in [2.45, 2.75) is 43.0 Å². The number of sulfonamides is 1. The van der Waals surface area contributed by atoms with Crippen molar-refractivity contribution in [2.24, 2.45) is 0 Å². The lowest BCUT2D eigenvalue weighted by Crippen LogP contribution is -2.38. The van der Waals surface area contributed by atoms with Gasteiger partial charge in [0.15, 0.2) is 0 Å². The maximum atomic E-state index is 12.6. The average molecular weight is 303 g/mol. The number of hydrogen-bond donors (Lipinski definition) is 1. The van der Waals surface area contributed by atoms with Crippen LogP contribution in [0.25, 0.3) is 0 Å². The van der Waals surface area contributed by atoms with Crippen molar-refractivity contribution in [3.63, 3.8) is 0 Å². The fourth-order valence-electron chi connectivity index (χ4n) is 2.51. The van der Waals surface area contributed by atoms with Gasteiger partial charge in [-0.05, 0) is 31.0 Å². The largest absolute Gasteiger partial charge is 0.399 e. The third-order valence-corrected chi connectivity index (χ3v) is 6.09. The van der Waals surface area contributed by atoms with E-state index in [-0.39, 0.29) is 16.0 Å². The van der Waals surface area contributed by atoms with Gasteiger partial charge in [0.05, 0.1) is 5.02 Å². The van der Waals surface area contributed by atoms with Gasteiger partial charge in [-0.3, -0.25) is 0 Å². The lowest BCUT2D eigenvalue weighted by atomic mass is 9.96. The first-order valence-electron chi connectivity index (χ1n) is 6.46. The normalized spacial score (nSPS) is 17.8. The Morgan fingerprint density at radius 3 is 2.53 bits per heavy atom. The van der Waals surface area contributed by atoms with Gasteiger partial charge >= 0.3 is 0 Å². The third-order valence-electron chi connectivity index (χ3n) is 3.70. The molecule has 1 aliphatic carbocycles. The van der Waals surface area contributed by atoms with E-state index in [1.165, 1.54) is 22.9 Å². The molecule has 4 nitrogen and oxygen atoms in total. The van der Waals surface area contributed by atoms with Crippen LogP contribution < -0.4 is 5.73 Å². The first kappa shape index (κ1) is 14.6. The lowest BCUT2D eigenvalue weighted by molar-refractivity contribution is 0.286. The summed E-state index contributed by atoms with van der Waals surface area (Å²) in [5, 5.41) is 0.219. The summed E-state index contributed by atoms with van der Waals surface area (Å²) >= 11 is 6.00. The van der Waals surface area contributed by atoms with Crippen molar-refractivity contribution in [1.82, 2.24) is 4.31 Å². The molecule has 0 radical (unpaired) electrons. The second-order valence-electron chi connectivity index (χ2n) is 5.00. The van der Waals surface area contributed by atoms with Gasteiger partial charge in [0.1, 0.15) is 4.90 Å². The SMILES string of the molecule is CN(C1CCCCC1)S(=O)(=O)c1cc(N)ccc1Cl. The van der Waals surface area contributed by atoms with Crippen LogP contribution in [-0.2, 0) is 10.0 Å². The highest BCUT2D eigenvalue weighted by atomic mass is 35.5. The van der Waals surface area contributed by atoms with E-state index in [0.717, 1.165) is 25.7 Å². The zero-order chi connectivity index (χ0) is 14.0. The molecule has 0 aromatic heterocycles. The zero-order valence-electron chi connectivity index (χ0n) is 11.0. The second-order valence-corrected chi connectivity index (χ2v) is 7.38. The molecule has 0 amide bonds. The van der Waals surface area contributed by atoms with Gasteiger partial charge in [-0.2, -0.15) is 4.31 Å². The predicted octanol–water partition coefficient (Wildman–Crippen LogP) is 2.88. The quantitative estimate of drug-likeness (QED) is 0.873. The minimum atomic E-state index is -3.57. The summed E-state index contributed by atoms with van der Waals surface area (Å²) in [6.45, 7) is 0. The summed E-state index contributed by atoms with van der Waals surface area (Å²) in [6, 6.07) is 4.62. The molecule has 1 aromatic carbocycles.